The monoisotopic (exact) mass is 275 g/mol. The lowest BCUT2D eigenvalue weighted by molar-refractivity contribution is 0.245. The summed E-state index contributed by atoms with van der Waals surface area (Å²) in [6.07, 6.45) is 3.05. The van der Waals surface area contributed by atoms with Gasteiger partial charge in [0.15, 0.2) is 0 Å². The molecule has 0 spiro atoms. The first-order valence-corrected chi connectivity index (χ1v) is 7.65. The number of fused-ring (bicyclic) bond motifs is 1. The van der Waals surface area contributed by atoms with Crippen molar-refractivity contribution in [1.82, 2.24) is 10.6 Å². The topological polar surface area (TPSA) is 44.4 Å². The minimum atomic E-state index is 0.0215. The summed E-state index contributed by atoms with van der Waals surface area (Å²) in [4.78, 5) is 14.1. The van der Waals surface area contributed by atoms with Crippen LogP contribution < -0.4 is 15.5 Å². The second kappa shape index (κ2) is 7.29. The Hall–Kier alpha value is -1.55. The fraction of sp³-hybridized carbons (Fsp3) is 0.562. The van der Waals surface area contributed by atoms with E-state index in [0.717, 1.165) is 44.6 Å². The van der Waals surface area contributed by atoms with Crippen molar-refractivity contribution >= 4 is 11.7 Å². The summed E-state index contributed by atoms with van der Waals surface area (Å²) in [6, 6.07) is 8.60. The Labute approximate surface area is 121 Å². The summed E-state index contributed by atoms with van der Waals surface area (Å²) < 4.78 is 0. The molecule has 2 rings (SSSR count). The Kier molecular flexibility index (Phi) is 5.41. The third-order valence-electron chi connectivity index (χ3n) is 3.66. The summed E-state index contributed by atoms with van der Waals surface area (Å²) >= 11 is 0. The number of para-hydroxylation sites is 1. The van der Waals surface area contributed by atoms with Crippen LogP contribution in [0.3, 0.4) is 0 Å². The number of carbonyl (C=O) groups is 1. The molecule has 0 fully saturated rings. The van der Waals surface area contributed by atoms with Gasteiger partial charge in [-0.15, -0.1) is 0 Å². The molecule has 1 aromatic carbocycles. The molecule has 2 N–H and O–H groups in total. The van der Waals surface area contributed by atoms with Gasteiger partial charge in [0.05, 0.1) is 5.69 Å². The van der Waals surface area contributed by atoms with Gasteiger partial charge in [0.2, 0.25) is 0 Å². The maximum absolute atomic E-state index is 12.2. The molecule has 1 aromatic rings. The molecule has 0 saturated heterocycles. The number of carbonyl (C=O) groups excluding carboxylic acids is 1. The van der Waals surface area contributed by atoms with E-state index in [-0.39, 0.29) is 6.03 Å². The fourth-order valence-corrected chi connectivity index (χ4v) is 2.63. The molecule has 4 heteroatoms. The Balaban J connectivity index is 2.16. The summed E-state index contributed by atoms with van der Waals surface area (Å²) in [5, 5.41) is 6.54. The molecule has 20 heavy (non-hydrogen) atoms. The van der Waals surface area contributed by atoms with Gasteiger partial charge in [0, 0.05) is 19.1 Å². The van der Waals surface area contributed by atoms with Crippen LogP contribution in [-0.2, 0) is 0 Å². The normalized spacial score (nSPS) is 17.7. The van der Waals surface area contributed by atoms with Gasteiger partial charge in [-0.1, -0.05) is 32.0 Å². The Morgan fingerprint density at radius 3 is 2.75 bits per heavy atom. The molecule has 0 radical (unpaired) electrons. The summed E-state index contributed by atoms with van der Waals surface area (Å²) in [6.45, 7) is 6.76. The van der Waals surface area contributed by atoms with Crippen molar-refractivity contribution in [1.29, 1.82) is 0 Å². The van der Waals surface area contributed by atoms with Crippen molar-refractivity contribution in [2.24, 2.45) is 0 Å². The number of hydrogen-bond acceptors (Lipinski definition) is 2. The van der Waals surface area contributed by atoms with E-state index < -0.39 is 0 Å². The van der Waals surface area contributed by atoms with E-state index >= 15 is 0 Å². The second-order valence-corrected chi connectivity index (χ2v) is 5.24. The molecule has 0 bridgehead atoms. The number of nitrogens with zero attached hydrogens (tertiary/aromatic N) is 1. The van der Waals surface area contributed by atoms with E-state index in [0.29, 0.717) is 6.04 Å². The van der Waals surface area contributed by atoms with Crippen LogP contribution in [0.25, 0.3) is 0 Å². The second-order valence-electron chi connectivity index (χ2n) is 5.24. The lowest BCUT2D eigenvalue weighted by Gasteiger charge is -2.34. The van der Waals surface area contributed by atoms with E-state index in [2.05, 4.69) is 30.5 Å². The van der Waals surface area contributed by atoms with Crippen LogP contribution in [0.15, 0.2) is 24.3 Å². The van der Waals surface area contributed by atoms with Gasteiger partial charge in [-0.25, -0.2) is 4.79 Å². The lowest BCUT2D eigenvalue weighted by atomic mass is 9.96. The van der Waals surface area contributed by atoms with E-state index in [4.69, 9.17) is 0 Å². The smallest absolute Gasteiger partial charge is 0.321 e. The van der Waals surface area contributed by atoms with Gasteiger partial charge in [-0.3, -0.25) is 4.90 Å². The van der Waals surface area contributed by atoms with E-state index in [1.165, 1.54) is 5.56 Å². The van der Waals surface area contributed by atoms with Crippen molar-refractivity contribution in [3.8, 4) is 0 Å². The number of amides is 2. The molecular weight excluding hydrogens is 250 g/mol. The van der Waals surface area contributed by atoms with E-state index in [9.17, 15) is 4.79 Å². The number of hydrogen-bond donors (Lipinski definition) is 2. The quantitative estimate of drug-likeness (QED) is 0.867. The van der Waals surface area contributed by atoms with Gasteiger partial charge < -0.3 is 10.6 Å². The molecular formula is C16H25N3O. The standard InChI is InChI=1S/C16H25N3O/c1-3-10-17-14-9-12-19(16(20)18-11-4-2)15-8-6-5-7-13(14)15/h5-8,14,17H,3-4,9-12H2,1-2H3,(H,18,20). The highest BCUT2D eigenvalue weighted by atomic mass is 16.2. The van der Waals surface area contributed by atoms with Crippen molar-refractivity contribution in [2.75, 3.05) is 24.5 Å². The minimum absolute atomic E-state index is 0.0215. The molecule has 1 atom stereocenters. The fourth-order valence-electron chi connectivity index (χ4n) is 2.63. The summed E-state index contributed by atoms with van der Waals surface area (Å²) in [7, 11) is 0. The van der Waals surface area contributed by atoms with Gasteiger partial charge >= 0.3 is 6.03 Å². The third kappa shape index (κ3) is 3.31. The maximum Gasteiger partial charge on any atom is 0.321 e. The molecule has 1 unspecified atom stereocenters. The maximum atomic E-state index is 12.2. The molecule has 110 valence electrons. The van der Waals surface area contributed by atoms with Crippen molar-refractivity contribution in [2.45, 2.75) is 39.2 Å². The number of benzene rings is 1. The predicted molar refractivity (Wildman–Crippen MR) is 83.1 cm³/mol. The largest absolute Gasteiger partial charge is 0.338 e. The zero-order chi connectivity index (χ0) is 14.4. The number of urea groups is 1. The average molecular weight is 275 g/mol. The first-order chi connectivity index (χ1) is 9.77. The van der Waals surface area contributed by atoms with Gasteiger partial charge in [0.25, 0.3) is 0 Å². The van der Waals surface area contributed by atoms with Crippen LogP contribution in [0, 0.1) is 0 Å². The summed E-state index contributed by atoms with van der Waals surface area (Å²) in [5.74, 6) is 0. The highest BCUT2D eigenvalue weighted by Gasteiger charge is 2.27. The van der Waals surface area contributed by atoms with Crippen LogP contribution in [0.2, 0.25) is 0 Å². The molecule has 1 aliphatic heterocycles. The number of rotatable bonds is 5. The van der Waals surface area contributed by atoms with Crippen molar-refractivity contribution in [3.05, 3.63) is 29.8 Å². The number of nitrogens with one attached hydrogen (secondary N) is 2. The van der Waals surface area contributed by atoms with Crippen molar-refractivity contribution < 1.29 is 4.79 Å². The lowest BCUT2D eigenvalue weighted by Crippen LogP contribution is -2.45. The number of anilines is 1. The summed E-state index contributed by atoms with van der Waals surface area (Å²) in [5.41, 5.74) is 2.28. The average Bonchev–Trinajstić information content (AvgIpc) is 2.50. The molecule has 1 aliphatic rings. The Bertz CT molecular complexity index is 447. The zero-order valence-electron chi connectivity index (χ0n) is 12.5. The molecule has 0 saturated carbocycles. The van der Waals surface area contributed by atoms with Crippen LogP contribution in [0.1, 0.15) is 44.7 Å². The predicted octanol–water partition coefficient (Wildman–Crippen LogP) is 3.06. The minimum Gasteiger partial charge on any atom is -0.338 e. The third-order valence-corrected chi connectivity index (χ3v) is 3.66. The van der Waals surface area contributed by atoms with Crippen LogP contribution >= 0.6 is 0 Å². The van der Waals surface area contributed by atoms with Gasteiger partial charge in [-0.05, 0) is 37.4 Å². The van der Waals surface area contributed by atoms with Crippen LogP contribution in [-0.4, -0.2) is 25.7 Å². The molecule has 0 aliphatic carbocycles. The van der Waals surface area contributed by atoms with E-state index in [1.807, 2.05) is 23.1 Å². The highest BCUT2D eigenvalue weighted by molar-refractivity contribution is 5.93. The highest BCUT2D eigenvalue weighted by Crippen LogP contribution is 2.33. The SMILES string of the molecule is CCCNC(=O)N1CCC(NCCC)c2ccccc21. The van der Waals surface area contributed by atoms with Gasteiger partial charge in [-0.2, -0.15) is 0 Å². The molecule has 1 heterocycles. The Morgan fingerprint density at radius 2 is 2.00 bits per heavy atom. The zero-order valence-corrected chi connectivity index (χ0v) is 12.5. The molecule has 2 amide bonds. The Morgan fingerprint density at radius 1 is 1.25 bits per heavy atom. The molecule has 0 aromatic heterocycles. The molecule has 4 nitrogen and oxygen atoms in total. The van der Waals surface area contributed by atoms with Crippen LogP contribution in [0.5, 0.6) is 0 Å². The van der Waals surface area contributed by atoms with E-state index in [1.54, 1.807) is 0 Å². The van der Waals surface area contributed by atoms with Crippen molar-refractivity contribution in [3.63, 3.8) is 0 Å². The first-order valence-electron chi connectivity index (χ1n) is 7.65. The van der Waals surface area contributed by atoms with Crippen LogP contribution in [0.4, 0.5) is 10.5 Å². The van der Waals surface area contributed by atoms with Gasteiger partial charge in [0.1, 0.15) is 0 Å². The first kappa shape index (κ1) is 14.9.